The first-order chi connectivity index (χ1) is 14.1. The summed E-state index contributed by atoms with van der Waals surface area (Å²) in [7, 11) is 0. The zero-order valence-electron chi connectivity index (χ0n) is 17.1. The van der Waals surface area contributed by atoms with E-state index in [1.807, 2.05) is 12.1 Å². The molecule has 5 rings (SSSR count). The molecule has 1 aliphatic carbocycles. The third-order valence-corrected chi connectivity index (χ3v) is 7.05. The Morgan fingerprint density at radius 1 is 1.00 bits per heavy atom. The summed E-state index contributed by atoms with van der Waals surface area (Å²) in [5, 5.41) is 0. The molecule has 3 aliphatic rings. The van der Waals surface area contributed by atoms with E-state index in [9.17, 15) is 9.18 Å². The normalized spacial score (nSPS) is 27.1. The van der Waals surface area contributed by atoms with Gasteiger partial charge in [0.1, 0.15) is 5.82 Å². The van der Waals surface area contributed by atoms with E-state index in [4.69, 9.17) is 0 Å². The third kappa shape index (κ3) is 3.83. The molecule has 3 nitrogen and oxygen atoms in total. The summed E-state index contributed by atoms with van der Waals surface area (Å²) in [6, 6.07) is 16.1. The Morgan fingerprint density at radius 2 is 1.72 bits per heavy atom. The number of fused-ring (bicyclic) bond motifs is 1. The van der Waals surface area contributed by atoms with Gasteiger partial charge in [0.25, 0.3) is 0 Å². The molecule has 0 aromatic heterocycles. The molecular formula is C25H29FN2O. The summed E-state index contributed by atoms with van der Waals surface area (Å²) in [4.78, 5) is 17.7. The molecule has 4 heteroatoms. The van der Waals surface area contributed by atoms with Gasteiger partial charge in [0.05, 0.1) is 0 Å². The Bertz CT molecular complexity index is 875. The summed E-state index contributed by atoms with van der Waals surface area (Å²) in [6.07, 6.45) is 3.13. The Balaban J connectivity index is 1.37. The van der Waals surface area contributed by atoms with Gasteiger partial charge < -0.3 is 4.90 Å². The molecule has 2 heterocycles. The van der Waals surface area contributed by atoms with Crippen molar-refractivity contribution in [3.63, 3.8) is 0 Å². The van der Waals surface area contributed by atoms with Gasteiger partial charge in [-0.15, -0.1) is 0 Å². The highest BCUT2D eigenvalue weighted by Gasteiger charge is 2.49. The van der Waals surface area contributed by atoms with Gasteiger partial charge in [0, 0.05) is 50.0 Å². The number of likely N-dealkylation sites (tertiary alicyclic amines) is 2. The summed E-state index contributed by atoms with van der Waals surface area (Å²) >= 11 is 0. The zero-order valence-corrected chi connectivity index (χ0v) is 17.1. The molecule has 0 N–H and O–H groups in total. The second-order valence-corrected chi connectivity index (χ2v) is 9.16. The average Bonchev–Trinajstić information content (AvgIpc) is 3.51. The fraction of sp³-hybridized carbons (Fsp3) is 0.480. The van der Waals surface area contributed by atoms with Crippen LogP contribution in [0.2, 0.25) is 0 Å². The van der Waals surface area contributed by atoms with E-state index in [0.717, 1.165) is 45.4 Å². The van der Waals surface area contributed by atoms with Crippen LogP contribution in [0.5, 0.6) is 0 Å². The Hall–Kier alpha value is -2.20. The van der Waals surface area contributed by atoms with Gasteiger partial charge in [-0.25, -0.2) is 4.39 Å². The minimum atomic E-state index is -0.196. The van der Waals surface area contributed by atoms with Crippen molar-refractivity contribution in [2.45, 2.75) is 44.7 Å². The maximum absolute atomic E-state index is 13.5. The summed E-state index contributed by atoms with van der Waals surface area (Å²) in [5.41, 5.74) is 3.80. The number of carbonyl (C=O) groups excluding carboxylic acids is 1. The number of amides is 1. The van der Waals surface area contributed by atoms with Gasteiger partial charge in [0.2, 0.25) is 5.91 Å². The topological polar surface area (TPSA) is 23.6 Å². The van der Waals surface area contributed by atoms with Gasteiger partial charge in [-0.3, -0.25) is 9.69 Å². The molecule has 152 valence electrons. The standard InChI is InChI=1S/C25H29FN2O/c1-17-2-4-18(5-3-17)14-27-13-12-24-23(15-27)22(19-8-10-21(26)11-9-19)16-28(24)25(29)20-6-7-20/h2-5,8-11,20,22-24H,6-7,12-16H2,1H3/t22-,23-,24-/m1/s1. The van der Waals surface area contributed by atoms with Gasteiger partial charge in [-0.2, -0.15) is 0 Å². The van der Waals surface area contributed by atoms with Crippen molar-refractivity contribution in [1.29, 1.82) is 0 Å². The predicted molar refractivity (Wildman–Crippen MR) is 112 cm³/mol. The van der Waals surface area contributed by atoms with Crippen molar-refractivity contribution in [1.82, 2.24) is 9.80 Å². The zero-order chi connectivity index (χ0) is 20.0. The maximum atomic E-state index is 13.5. The number of nitrogens with zero attached hydrogens (tertiary/aromatic N) is 2. The Morgan fingerprint density at radius 3 is 2.41 bits per heavy atom. The lowest BCUT2D eigenvalue weighted by Gasteiger charge is -2.39. The maximum Gasteiger partial charge on any atom is 0.225 e. The quantitative estimate of drug-likeness (QED) is 0.772. The molecule has 3 fully saturated rings. The van der Waals surface area contributed by atoms with Crippen molar-refractivity contribution >= 4 is 5.91 Å². The lowest BCUT2D eigenvalue weighted by atomic mass is 9.81. The molecule has 29 heavy (non-hydrogen) atoms. The van der Waals surface area contributed by atoms with Crippen LogP contribution in [0.4, 0.5) is 4.39 Å². The third-order valence-electron chi connectivity index (χ3n) is 7.05. The molecule has 2 saturated heterocycles. The fourth-order valence-corrected chi connectivity index (χ4v) is 5.28. The molecule has 3 atom stereocenters. The van der Waals surface area contributed by atoms with Crippen LogP contribution in [0, 0.1) is 24.6 Å². The monoisotopic (exact) mass is 392 g/mol. The number of benzene rings is 2. The number of halogens is 1. The second kappa shape index (κ2) is 7.56. The minimum Gasteiger partial charge on any atom is -0.338 e. The van der Waals surface area contributed by atoms with Gasteiger partial charge >= 0.3 is 0 Å². The highest BCUT2D eigenvalue weighted by atomic mass is 19.1. The first kappa shape index (κ1) is 18.8. The average molecular weight is 393 g/mol. The largest absolute Gasteiger partial charge is 0.338 e. The molecule has 0 bridgehead atoms. The van der Waals surface area contributed by atoms with Crippen molar-refractivity contribution in [2.24, 2.45) is 11.8 Å². The van der Waals surface area contributed by atoms with Crippen molar-refractivity contribution in [3.05, 3.63) is 71.0 Å². The SMILES string of the molecule is Cc1ccc(CN2CC[C@@H]3[C@H](C2)[C@@H](c2ccc(F)cc2)CN3C(=O)C2CC2)cc1. The minimum absolute atomic E-state index is 0.196. The number of hydrogen-bond donors (Lipinski definition) is 0. The highest BCUT2D eigenvalue weighted by molar-refractivity contribution is 5.82. The van der Waals surface area contributed by atoms with Crippen LogP contribution >= 0.6 is 0 Å². The number of carbonyl (C=O) groups is 1. The van der Waals surface area contributed by atoms with Gasteiger partial charge in [-0.1, -0.05) is 42.0 Å². The van der Waals surface area contributed by atoms with Crippen LogP contribution in [0.1, 0.15) is 41.9 Å². The van der Waals surface area contributed by atoms with E-state index < -0.39 is 0 Å². The van der Waals surface area contributed by atoms with Crippen LogP contribution < -0.4 is 0 Å². The Kier molecular flexibility index (Phi) is 4.91. The molecule has 2 aromatic carbocycles. The number of aryl methyl sites for hydroxylation is 1. The van der Waals surface area contributed by atoms with Crippen molar-refractivity contribution in [2.75, 3.05) is 19.6 Å². The molecule has 0 unspecified atom stereocenters. The fourth-order valence-electron chi connectivity index (χ4n) is 5.28. The molecule has 0 spiro atoms. The molecule has 2 aromatic rings. The van der Waals surface area contributed by atoms with Crippen LogP contribution in [0.15, 0.2) is 48.5 Å². The van der Waals surface area contributed by atoms with E-state index in [0.29, 0.717) is 23.8 Å². The number of piperidine rings is 1. The van der Waals surface area contributed by atoms with Crippen LogP contribution in [-0.4, -0.2) is 41.4 Å². The highest BCUT2D eigenvalue weighted by Crippen LogP contribution is 2.44. The van der Waals surface area contributed by atoms with E-state index >= 15 is 0 Å². The van der Waals surface area contributed by atoms with Crippen molar-refractivity contribution in [3.8, 4) is 0 Å². The number of rotatable bonds is 4. The summed E-state index contributed by atoms with van der Waals surface area (Å²) in [6.45, 7) is 5.88. The lowest BCUT2D eigenvalue weighted by Crippen LogP contribution is -2.48. The predicted octanol–water partition coefficient (Wildman–Crippen LogP) is 4.36. The first-order valence-corrected chi connectivity index (χ1v) is 10.9. The van der Waals surface area contributed by atoms with Crippen LogP contribution in [0.25, 0.3) is 0 Å². The molecule has 1 saturated carbocycles. The lowest BCUT2D eigenvalue weighted by molar-refractivity contribution is -0.134. The van der Waals surface area contributed by atoms with E-state index in [1.54, 1.807) is 12.1 Å². The first-order valence-electron chi connectivity index (χ1n) is 10.9. The van der Waals surface area contributed by atoms with Gasteiger partial charge in [0.15, 0.2) is 0 Å². The summed E-state index contributed by atoms with van der Waals surface area (Å²) < 4.78 is 13.5. The molecule has 2 aliphatic heterocycles. The molecular weight excluding hydrogens is 363 g/mol. The van der Waals surface area contributed by atoms with E-state index in [2.05, 4.69) is 41.0 Å². The number of hydrogen-bond acceptors (Lipinski definition) is 2. The Labute approximate surface area is 172 Å². The smallest absolute Gasteiger partial charge is 0.225 e. The van der Waals surface area contributed by atoms with Gasteiger partial charge in [-0.05, 0) is 49.4 Å². The summed E-state index contributed by atoms with van der Waals surface area (Å²) in [5.74, 6) is 1.13. The molecule has 0 radical (unpaired) electrons. The van der Waals surface area contributed by atoms with E-state index in [1.165, 1.54) is 16.7 Å². The molecule has 1 amide bonds. The van der Waals surface area contributed by atoms with E-state index in [-0.39, 0.29) is 11.7 Å². The van der Waals surface area contributed by atoms with Crippen LogP contribution in [-0.2, 0) is 11.3 Å². The van der Waals surface area contributed by atoms with Crippen molar-refractivity contribution < 1.29 is 9.18 Å². The second-order valence-electron chi connectivity index (χ2n) is 9.16. The van der Waals surface area contributed by atoms with Crippen LogP contribution in [0.3, 0.4) is 0 Å².